The first-order valence-corrected chi connectivity index (χ1v) is 9.53. The zero-order chi connectivity index (χ0) is 20.9. The fourth-order valence-electron chi connectivity index (χ4n) is 2.50. The monoisotopic (exact) mass is 417 g/mol. The number of sulfonamides is 1. The standard InChI is InChI=1S/C18H18F3NO5S/c1-12(17(23)26-2)16(13-6-4-3-5-7-13)22-28(24,25)15-10-8-14(9-11-15)27-18(19,20)21/h3-12,16,22H,1-2H3/t12-,16-/m1/s1. The van der Waals surface area contributed by atoms with Crippen LogP contribution >= 0.6 is 0 Å². The zero-order valence-electron chi connectivity index (χ0n) is 14.9. The van der Waals surface area contributed by atoms with Crippen LogP contribution < -0.4 is 9.46 Å². The minimum atomic E-state index is -4.88. The van der Waals surface area contributed by atoms with Gasteiger partial charge in [-0.2, -0.15) is 0 Å². The molecule has 0 aromatic heterocycles. The van der Waals surface area contributed by atoms with Crippen LogP contribution in [0.15, 0.2) is 59.5 Å². The molecule has 0 aliphatic heterocycles. The number of hydrogen-bond donors (Lipinski definition) is 1. The maximum atomic E-state index is 12.7. The van der Waals surface area contributed by atoms with Crippen molar-refractivity contribution in [1.82, 2.24) is 4.72 Å². The van der Waals surface area contributed by atoms with E-state index in [1.54, 1.807) is 30.3 Å². The Morgan fingerprint density at radius 1 is 1.04 bits per heavy atom. The maximum Gasteiger partial charge on any atom is 0.573 e. The average molecular weight is 417 g/mol. The van der Waals surface area contributed by atoms with Crippen molar-refractivity contribution >= 4 is 16.0 Å². The summed E-state index contributed by atoms with van der Waals surface area (Å²) in [7, 11) is -2.96. The number of nitrogens with one attached hydrogen (secondary N) is 1. The third-order valence-electron chi connectivity index (χ3n) is 3.88. The zero-order valence-corrected chi connectivity index (χ0v) is 15.8. The Bertz CT molecular complexity index is 899. The summed E-state index contributed by atoms with van der Waals surface area (Å²) in [6.07, 6.45) is -4.88. The van der Waals surface area contributed by atoms with Gasteiger partial charge in [-0.25, -0.2) is 13.1 Å². The fourth-order valence-corrected chi connectivity index (χ4v) is 3.80. The summed E-state index contributed by atoms with van der Waals surface area (Å²) in [6.45, 7) is 1.51. The van der Waals surface area contributed by atoms with Crippen LogP contribution in [0.25, 0.3) is 0 Å². The van der Waals surface area contributed by atoms with Crippen molar-refractivity contribution in [2.45, 2.75) is 24.2 Å². The molecule has 0 bridgehead atoms. The predicted octanol–water partition coefficient (Wildman–Crippen LogP) is 3.41. The molecule has 1 N–H and O–H groups in total. The van der Waals surface area contributed by atoms with E-state index < -0.39 is 40.1 Å². The molecule has 0 amide bonds. The van der Waals surface area contributed by atoms with Crippen molar-refractivity contribution in [2.24, 2.45) is 5.92 Å². The topological polar surface area (TPSA) is 81.7 Å². The SMILES string of the molecule is COC(=O)[C@H](C)[C@@H](NS(=O)(=O)c1ccc(OC(F)(F)F)cc1)c1ccccc1. The summed E-state index contributed by atoms with van der Waals surface area (Å²) < 4.78 is 73.0. The molecular weight excluding hydrogens is 399 g/mol. The summed E-state index contributed by atoms with van der Waals surface area (Å²) in [4.78, 5) is 11.7. The molecule has 0 heterocycles. The molecule has 0 saturated carbocycles. The number of ether oxygens (including phenoxy) is 2. The smallest absolute Gasteiger partial charge is 0.469 e. The van der Waals surface area contributed by atoms with E-state index in [0.717, 1.165) is 24.3 Å². The highest BCUT2D eigenvalue weighted by Crippen LogP contribution is 2.27. The van der Waals surface area contributed by atoms with E-state index in [4.69, 9.17) is 4.74 Å². The number of alkyl halides is 3. The third-order valence-corrected chi connectivity index (χ3v) is 5.34. The van der Waals surface area contributed by atoms with Crippen LogP contribution in [0, 0.1) is 5.92 Å². The number of halogens is 3. The summed E-state index contributed by atoms with van der Waals surface area (Å²) in [6, 6.07) is 11.2. The van der Waals surface area contributed by atoms with Crippen LogP contribution in [0.5, 0.6) is 5.75 Å². The molecule has 10 heteroatoms. The Kier molecular flexibility index (Phi) is 6.68. The molecule has 0 aliphatic rings. The van der Waals surface area contributed by atoms with Crippen LogP contribution in [0.1, 0.15) is 18.5 Å². The van der Waals surface area contributed by atoms with Crippen molar-refractivity contribution < 1.29 is 35.9 Å². The van der Waals surface area contributed by atoms with Crippen LogP contribution in [-0.4, -0.2) is 27.9 Å². The molecular formula is C18H18F3NO5S. The van der Waals surface area contributed by atoms with Gasteiger partial charge in [-0.1, -0.05) is 37.3 Å². The van der Waals surface area contributed by atoms with Crippen LogP contribution in [0.4, 0.5) is 13.2 Å². The summed E-state index contributed by atoms with van der Waals surface area (Å²) in [5, 5.41) is 0. The predicted molar refractivity (Wildman–Crippen MR) is 93.8 cm³/mol. The molecule has 0 unspecified atom stereocenters. The van der Waals surface area contributed by atoms with Gasteiger partial charge in [0, 0.05) is 0 Å². The van der Waals surface area contributed by atoms with Gasteiger partial charge in [0.1, 0.15) is 5.75 Å². The van der Waals surface area contributed by atoms with Gasteiger partial charge in [-0.05, 0) is 29.8 Å². The lowest BCUT2D eigenvalue weighted by molar-refractivity contribution is -0.274. The number of carbonyl (C=O) groups is 1. The van der Waals surface area contributed by atoms with Crippen LogP contribution in [0.3, 0.4) is 0 Å². The lowest BCUT2D eigenvalue weighted by Crippen LogP contribution is -2.36. The average Bonchev–Trinajstić information content (AvgIpc) is 2.65. The highest BCUT2D eigenvalue weighted by Gasteiger charge is 2.32. The van der Waals surface area contributed by atoms with E-state index in [-0.39, 0.29) is 4.90 Å². The highest BCUT2D eigenvalue weighted by molar-refractivity contribution is 7.89. The van der Waals surface area contributed by atoms with Crippen LogP contribution in [0.2, 0.25) is 0 Å². The third kappa shape index (κ3) is 5.70. The second-order valence-corrected chi connectivity index (χ2v) is 7.55. The van der Waals surface area contributed by atoms with Crippen molar-refractivity contribution in [1.29, 1.82) is 0 Å². The lowest BCUT2D eigenvalue weighted by Gasteiger charge is -2.24. The second kappa shape index (κ2) is 8.61. The molecule has 0 radical (unpaired) electrons. The second-order valence-electron chi connectivity index (χ2n) is 5.84. The first-order valence-electron chi connectivity index (χ1n) is 8.04. The summed E-state index contributed by atoms with van der Waals surface area (Å²) in [5.41, 5.74) is 0.529. The molecule has 28 heavy (non-hydrogen) atoms. The number of carbonyl (C=O) groups excluding carboxylic acids is 1. The summed E-state index contributed by atoms with van der Waals surface area (Å²) in [5.74, 6) is -2.02. The first kappa shape index (κ1) is 21.7. The van der Waals surface area contributed by atoms with E-state index >= 15 is 0 Å². The molecule has 0 spiro atoms. The van der Waals surface area contributed by atoms with Gasteiger partial charge in [0.25, 0.3) is 0 Å². The Hall–Kier alpha value is -2.59. The van der Waals surface area contributed by atoms with E-state index in [2.05, 4.69) is 9.46 Å². The Morgan fingerprint density at radius 2 is 1.61 bits per heavy atom. The molecule has 0 aliphatic carbocycles. The largest absolute Gasteiger partial charge is 0.573 e. The Balaban J connectivity index is 2.30. The minimum Gasteiger partial charge on any atom is -0.469 e. The molecule has 0 saturated heterocycles. The van der Waals surface area contributed by atoms with Crippen molar-refractivity contribution in [3.63, 3.8) is 0 Å². The van der Waals surface area contributed by atoms with Gasteiger partial charge < -0.3 is 9.47 Å². The van der Waals surface area contributed by atoms with Gasteiger partial charge in [-0.3, -0.25) is 4.79 Å². The number of hydrogen-bond acceptors (Lipinski definition) is 5. The molecule has 152 valence electrons. The Labute approximate surface area is 160 Å². The number of rotatable bonds is 7. The normalized spacial score (nSPS) is 14.2. The molecule has 2 aromatic carbocycles. The van der Waals surface area contributed by atoms with Gasteiger partial charge >= 0.3 is 12.3 Å². The van der Waals surface area contributed by atoms with Crippen molar-refractivity contribution in [3.8, 4) is 5.75 Å². The number of benzene rings is 2. The summed E-state index contributed by atoms with van der Waals surface area (Å²) >= 11 is 0. The van der Waals surface area contributed by atoms with Gasteiger partial charge in [0.05, 0.1) is 24.0 Å². The highest BCUT2D eigenvalue weighted by atomic mass is 32.2. The Morgan fingerprint density at radius 3 is 2.11 bits per heavy atom. The molecule has 2 atom stereocenters. The number of methoxy groups -OCH3 is 1. The van der Waals surface area contributed by atoms with Crippen molar-refractivity contribution in [2.75, 3.05) is 7.11 Å². The van der Waals surface area contributed by atoms with E-state index in [9.17, 15) is 26.4 Å². The minimum absolute atomic E-state index is 0.278. The van der Waals surface area contributed by atoms with E-state index in [1.165, 1.54) is 14.0 Å². The first-order chi connectivity index (χ1) is 13.0. The quantitative estimate of drug-likeness (QED) is 0.699. The lowest BCUT2D eigenvalue weighted by atomic mass is 9.95. The van der Waals surface area contributed by atoms with Gasteiger partial charge in [0.15, 0.2) is 0 Å². The molecule has 6 nitrogen and oxygen atoms in total. The fraction of sp³-hybridized carbons (Fsp3) is 0.278. The van der Waals surface area contributed by atoms with Crippen LogP contribution in [-0.2, 0) is 19.6 Å². The maximum absolute atomic E-state index is 12.7. The van der Waals surface area contributed by atoms with Gasteiger partial charge in [-0.15, -0.1) is 13.2 Å². The molecule has 2 aromatic rings. The molecule has 2 rings (SSSR count). The van der Waals surface area contributed by atoms with E-state index in [1.807, 2.05) is 0 Å². The number of esters is 1. The van der Waals surface area contributed by atoms with E-state index in [0.29, 0.717) is 5.56 Å². The van der Waals surface area contributed by atoms with Crippen molar-refractivity contribution in [3.05, 3.63) is 60.2 Å². The van der Waals surface area contributed by atoms with Gasteiger partial charge in [0.2, 0.25) is 10.0 Å². The molecule has 0 fully saturated rings.